The van der Waals surface area contributed by atoms with Crippen LogP contribution >= 0.6 is 11.3 Å². The highest BCUT2D eigenvalue weighted by atomic mass is 32.1. The average Bonchev–Trinajstić information content (AvgIpc) is 3.04. The summed E-state index contributed by atoms with van der Waals surface area (Å²) in [6.45, 7) is 2.08. The van der Waals surface area contributed by atoms with Gasteiger partial charge in [-0.05, 0) is 51.0 Å². The second-order valence-electron chi connectivity index (χ2n) is 6.82. The predicted molar refractivity (Wildman–Crippen MR) is 101 cm³/mol. The van der Waals surface area contributed by atoms with Crippen molar-refractivity contribution in [3.63, 3.8) is 0 Å². The van der Waals surface area contributed by atoms with E-state index < -0.39 is 0 Å². The molecule has 1 saturated heterocycles. The third kappa shape index (κ3) is 3.07. The fraction of sp³-hybridized carbons (Fsp3) is 0.368. The van der Waals surface area contributed by atoms with Gasteiger partial charge in [-0.1, -0.05) is 12.1 Å². The van der Waals surface area contributed by atoms with Crippen LogP contribution in [0.3, 0.4) is 0 Å². The molecule has 0 unspecified atom stereocenters. The van der Waals surface area contributed by atoms with Crippen molar-refractivity contribution in [3.8, 4) is 0 Å². The van der Waals surface area contributed by atoms with E-state index in [9.17, 15) is 9.59 Å². The van der Waals surface area contributed by atoms with Gasteiger partial charge in [0.25, 0.3) is 5.91 Å². The largest absolute Gasteiger partial charge is 0.320 e. The van der Waals surface area contributed by atoms with Crippen LogP contribution in [0.25, 0.3) is 0 Å². The molecular weight excluding hydrogens is 334 g/mol. The number of hydrogen-bond acceptors (Lipinski definition) is 4. The van der Waals surface area contributed by atoms with Crippen molar-refractivity contribution >= 4 is 40.2 Å². The Morgan fingerprint density at radius 1 is 1.20 bits per heavy atom. The van der Waals surface area contributed by atoms with E-state index in [1.165, 1.54) is 11.3 Å². The Morgan fingerprint density at radius 2 is 1.96 bits per heavy atom. The summed E-state index contributed by atoms with van der Waals surface area (Å²) in [5.41, 5.74) is 2.71. The fourth-order valence-electron chi connectivity index (χ4n) is 3.60. The van der Waals surface area contributed by atoms with Crippen LogP contribution in [0.5, 0.6) is 0 Å². The predicted octanol–water partition coefficient (Wildman–Crippen LogP) is 3.71. The number of benzene rings is 1. The van der Waals surface area contributed by atoms with Crippen LogP contribution in [0.4, 0.5) is 17.1 Å². The Balaban J connectivity index is 1.67. The van der Waals surface area contributed by atoms with Gasteiger partial charge in [0, 0.05) is 17.2 Å². The second kappa shape index (κ2) is 6.61. The summed E-state index contributed by atoms with van der Waals surface area (Å²) in [7, 11) is 2.12. The molecule has 6 heteroatoms. The number of nitrogens with one attached hydrogen (secondary N) is 1. The Morgan fingerprint density at radius 3 is 2.76 bits per heavy atom. The lowest BCUT2D eigenvalue weighted by atomic mass is 9.93. The molecule has 0 aliphatic carbocycles. The molecule has 2 aliphatic heterocycles. The molecule has 0 spiro atoms. The van der Waals surface area contributed by atoms with Crippen LogP contribution in [-0.4, -0.2) is 36.9 Å². The molecule has 130 valence electrons. The van der Waals surface area contributed by atoms with Crippen molar-refractivity contribution in [2.24, 2.45) is 5.92 Å². The molecule has 3 heterocycles. The number of anilines is 3. The van der Waals surface area contributed by atoms with Crippen molar-refractivity contribution in [1.82, 2.24) is 4.90 Å². The molecule has 0 bridgehead atoms. The lowest BCUT2D eigenvalue weighted by molar-refractivity contribution is -0.119. The van der Waals surface area contributed by atoms with E-state index in [0.29, 0.717) is 29.3 Å². The van der Waals surface area contributed by atoms with Gasteiger partial charge in [-0.3, -0.25) is 14.5 Å². The third-order valence-corrected chi connectivity index (χ3v) is 5.80. The highest BCUT2D eigenvalue weighted by Gasteiger charge is 2.31. The van der Waals surface area contributed by atoms with Crippen LogP contribution < -0.4 is 10.2 Å². The Kier molecular flexibility index (Phi) is 4.31. The summed E-state index contributed by atoms with van der Waals surface area (Å²) in [5.74, 6) is 0.321. The monoisotopic (exact) mass is 355 g/mol. The lowest BCUT2D eigenvalue weighted by Gasteiger charge is -2.30. The number of likely N-dealkylation sites (tertiary alicyclic amines) is 1. The van der Waals surface area contributed by atoms with Crippen molar-refractivity contribution in [2.75, 3.05) is 30.4 Å². The molecule has 1 aromatic heterocycles. The molecule has 4 rings (SSSR count). The first kappa shape index (κ1) is 16.3. The Hall–Kier alpha value is -2.18. The van der Waals surface area contributed by atoms with Crippen molar-refractivity contribution in [2.45, 2.75) is 19.3 Å². The summed E-state index contributed by atoms with van der Waals surface area (Å²) in [4.78, 5) is 29.7. The molecule has 25 heavy (non-hydrogen) atoms. The summed E-state index contributed by atoms with van der Waals surface area (Å²) in [5, 5.41) is 6.63. The van der Waals surface area contributed by atoms with Crippen molar-refractivity contribution in [3.05, 3.63) is 40.6 Å². The van der Waals surface area contributed by atoms with Crippen LogP contribution in [0.2, 0.25) is 0 Å². The highest BCUT2D eigenvalue weighted by Crippen LogP contribution is 2.40. The second-order valence-corrected chi connectivity index (χ2v) is 7.57. The standard InChI is InChI=1S/C19H21N3O2S/c1-21-8-6-13(7-9-21)10-18(23)22-16-5-3-2-4-15(16)20-19(24)14-11-25-12-17(14)22/h2-5,11-13H,6-10H2,1H3,(H,20,24). The van der Waals surface area contributed by atoms with E-state index in [4.69, 9.17) is 0 Å². The smallest absolute Gasteiger partial charge is 0.258 e. The van der Waals surface area contributed by atoms with E-state index in [1.807, 2.05) is 35.0 Å². The van der Waals surface area contributed by atoms with Gasteiger partial charge < -0.3 is 10.2 Å². The van der Waals surface area contributed by atoms with Gasteiger partial charge in [-0.15, -0.1) is 11.3 Å². The molecule has 0 saturated carbocycles. The molecule has 2 amide bonds. The van der Waals surface area contributed by atoms with Crippen LogP contribution in [0, 0.1) is 5.92 Å². The summed E-state index contributed by atoms with van der Waals surface area (Å²) in [6, 6.07) is 7.52. The number of carbonyl (C=O) groups excluding carboxylic acids is 2. The molecule has 1 N–H and O–H groups in total. The minimum atomic E-state index is -0.154. The normalized spacial score (nSPS) is 18.3. The number of piperidine rings is 1. The molecular formula is C19H21N3O2S. The number of amides is 2. The Labute approximate surface area is 151 Å². The van der Waals surface area contributed by atoms with Gasteiger partial charge in [0.15, 0.2) is 0 Å². The van der Waals surface area contributed by atoms with Gasteiger partial charge in [-0.25, -0.2) is 0 Å². The number of nitrogens with zero attached hydrogens (tertiary/aromatic N) is 2. The van der Waals surface area contributed by atoms with Crippen LogP contribution in [-0.2, 0) is 4.79 Å². The number of fused-ring (bicyclic) bond motifs is 2. The van der Waals surface area contributed by atoms with E-state index in [1.54, 1.807) is 4.90 Å². The minimum absolute atomic E-state index is 0.0677. The first-order chi connectivity index (χ1) is 12.1. The summed E-state index contributed by atoms with van der Waals surface area (Å²) >= 11 is 1.45. The zero-order valence-electron chi connectivity index (χ0n) is 14.2. The van der Waals surface area contributed by atoms with E-state index in [2.05, 4.69) is 17.3 Å². The number of hydrogen-bond donors (Lipinski definition) is 1. The van der Waals surface area contributed by atoms with E-state index in [-0.39, 0.29) is 11.8 Å². The van der Waals surface area contributed by atoms with Crippen LogP contribution in [0.15, 0.2) is 35.0 Å². The third-order valence-electron chi connectivity index (χ3n) is 5.07. The molecule has 5 nitrogen and oxygen atoms in total. The van der Waals surface area contributed by atoms with Gasteiger partial charge in [0.1, 0.15) is 0 Å². The maximum atomic E-state index is 13.2. The number of thiophene rings is 1. The molecule has 2 aromatic rings. The average molecular weight is 355 g/mol. The van der Waals surface area contributed by atoms with Gasteiger partial charge in [-0.2, -0.15) is 0 Å². The maximum Gasteiger partial charge on any atom is 0.258 e. The number of carbonyl (C=O) groups is 2. The first-order valence-electron chi connectivity index (χ1n) is 8.61. The first-order valence-corrected chi connectivity index (χ1v) is 9.56. The van der Waals surface area contributed by atoms with Gasteiger partial charge >= 0.3 is 0 Å². The summed E-state index contributed by atoms with van der Waals surface area (Å²) < 4.78 is 0. The highest BCUT2D eigenvalue weighted by molar-refractivity contribution is 7.08. The van der Waals surface area contributed by atoms with Gasteiger partial charge in [0.05, 0.1) is 22.6 Å². The Bertz CT molecular complexity index is 809. The zero-order chi connectivity index (χ0) is 17.4. The summed E-state index contributed by atoms with van der Waals surface area (Å²) in [6.07, 6.45) is 2.61. The molecule has 2 aliphatic rings. The SMILES string of the molecule is CN1CCC(CC(=O)N2c3ccccc3NC(=O)c3cscc32)CC1. The molecule has 1 fully saturated rings. The molecule has 0 radical (unpaired) electrons. The van der Waals surface area contributed by atoms with E-state index in [0.717, 1.165) is 31.6 Å². The molecule has 1 aromatic carbocycles. The number of rotatable bonds is 2. The van der Waals surface area contributed by atoms with Gasteiger partial charge in [0.2, 0.25) is 5.91 Å². The van der Waals surface area contributed by atoms with Crippen LogP contribution in [0.1, 0.15) is 29.6 Å². The fourth-order valence-corrected chi connectivity index (χ4v) is 4.39. The van der Waals surface area contributed by atoms with Crippen molar-refractivity contribution in [1.29, 1.82) is 0 Å². The minimum Gasteiger partial charge on any atom is -0.320 e. The quantitative estimate of drug-likeness (QED) is 0.893. The maximum absolute atomic E-state index is 13.2. The van der Waals surface area contributed by atoms with Crippen molar-refractivity contribution < 1.29 is 9.59 Å². The van der Waals surface area contributed by atoms with E-state index >= 15 is 0 Å². The number of para-hydroxylation sites is 2. The zero-order valence-corrected chi connectivity index (χ0v) is 15.0. The lowest BCUT2D eigenvalue weighted by Crippen LogP contribution is -2.34. The molecule has 0 atom stereocenters. The topological polar surface area (TPSA) is 52.7 Å².